The summed E-state index contributed by atoms with van der Waals surface area (Å²) in [5.41, 5.74) is 11.1. The van der Waals surface area contributed by atoms with Gasteiger partial charge < -0.3 is 4.42 Å². The summed E-state index contributed by atoms with van der Waals surface area (Å²) in [7, 11) is 2.10. The summed E-state index contributed by atoms with van der Waals surface area (Å²) >= 11 is 0. The fourth-order valence-electron chi connectivity index (χ4n) is 6.68. The predicted molar refractivity (Wildman–Crippen MR) is 150 cm³/mol. The summed E-state index contributed by atoms with van der Waals surface area (Å²) in [5.74, 6) is 0. The molecule has 0 amide bonds. The third-order valence-corrected chi connectivity index (χ3v) is 9.96. The lowest BCUT2D eigenvalue weighted by Crippen LogP contribution is -2.42. The van der Waals surface area contributed by atoms with Crippen molar-refractivity contribution in [2.24, 2.45) is 12.5 Å². The minimum Gasteiger partial charge on any atom is -0.454 e. The molecule has 0 atom stereocenters. The van der Waals surface area contributed by atoms with Crippen molar-refractivity contribution in [3.05, 3.63) is 89.6 Å². The van der Waals surface area contributed by atoms with Gasteiger partial charge in [-0.2, -0.15) is 0 Å². The zero-order valence-electron chi connectivity index (χ0n) is 22.8. The maximum atomic E-state index is 6.88. The van der Waals surface area contributed by atoms with E-state index in [1.807, 2.05) is 0 Å². The second kappa shape index (κ2) is 7.32. The molecule has 3 aromatic carbocycles. The van der Waals surface area contributed by atoms with E-state index in [-0.39, 0.29) is 16.2 Å². The van der Waals surface area contributed by atoms with Gasteiger partial charge in [0.05, 0.1) is 5.56 Å². The van der Waals surface area contributed by atoms with Gasteiger partial charge in [0.25, 0.3) is 0 Å². The molecule has 2 aromatic heterocycles. The SMILES string of the molecule is Cc1ccc2c(oc3c(-c4cccc5c4C(C)(C)C(C)(C)C5(C)C)cccc32)c1-c1cccc[n+]1C. The Morgan fingerprint density at radius 2 is 1.36 bits per heavy atom. The molecule has 5 aromatic rings. The summed E-state index contributed by atoms with van der Waals surface area (Å²) in [4.78, 5) is 0. The first-order valence-corrected chi connectivity index (χ1v) is 13.0. The zero-order chi connectivity index (χ0) is 25.6. The summed E-state index contributed by atoms with van der Waals surface area (Å²) in [5, 5.41) is 2.35. The first-order valence-electron chi connectivity index (χ1n) is 13.0. The topological polar surface area (TPSA) is 17.0 Å². The van der Waals surface area contributed by atoms with E-state index < -0.39 is 0 Å². The van der Waals surface area contributed by atoms with E-state index in [0.29, 0.717) is 0 Å². The number of aryl methyl sites for hydroxylation is 2. The molecule has 2 heteroatoms. The number of aromatic nitrogens is 1. The molecule has 0 spiro atoms. The molecule has 0 saturated carbocycles. The number of para-hydroxylation sites is 1. The van der Waals surface area contributed by atoms with Gasteiger partial charge in [-0.1, -0.05) is 90.1 Å². The normalized spacial score (nSPS) is 17.6. The molecule has 0 aliphatic heterocycles. The molecule has 2 heterocycles. The number of benzene rings is 3. The molecule has 0 fully saturated rings. The Balaban J connectivity index is 1.70. The van der Waals surface area contributed by atoms with Crippen molar-refractivity contribution >= 4 is 21.9 Å². The number of furan rings is 1. The van der Waals surface area contributed by atoms with Crippen LogP contribution in [0, 0.1) is 12.3 Å². The van der Waals surface area contributed by atoms with Crippen LogP contribution in [0.3, 0.4) is 0 Å². The Morgan fingerprint density at radius 3 is 2.11 bits per heavy atom. The maximum Gasteiger partial charge on any atom is 0.216 e. The van der Waals surface area contributed by atoms with Crippen LogP contribution in [-0.4, -0.2) is 0 Å². The molecule has 6 rings (SSSR count). The molecule has 2 nitrogen and oxygen atoms in total. The lowest BCUT2D eigenvalue weighted by molar-refractivity contribution is -0.660. The van der Waals surface area contributed by atoms with Gasteiger partial charge in [-0.15, -0.1) is 0 Å². The van der Waals surface area contributed by atoms with E-state index in [1.165, 1.54) is 44.2 Å². The third-order valence-electron chi connectivity index (χ3n) is 9.96. The minimum absolute atomic E-state index is 0.0101. The number of hydrogen-bond acceptors (Lipinski definition) is 1. The van der Waals surface area contributed by atoms with Crippen LogP contribution < -0.4 is 4.57 Å². The third kappa shape index (κ3) is 2.76. The summed E-state index contributed by atoms with van der Waals surface area (Å²) in [6.07, 6.45) is 2.10. The van der Waals surface area contributed by atoms with Crippen LogP contribution in [0.25, 0.3) is 44.3 Å². The van der Waals surface area contributed by atoms with Crippen LogP contribution >= 0.6 is 0 Å². The van der Waals surface area contributed by atoms with Crippen LogP contribution in [0.2, 0.25) is 0 Å². The van der Waals surface area contributed by atoms with Crippen molar-refractivity contribution in [1.82, 2.24) is 0 Å². The first kappa shape index (κ1) is 23.0. The van der Waals surface area contributed by atoms with E-state index in [0.717, 1.165) is 16.9 Å². The molecular weight excluding hydrogens is 438 g/mol. The fourth-order valence-corrected chi connectivity index (χ4v) is 6.68. The second-order valence-electron chi connectivity index (χ2n) is 12.2. The summed E-state index contributed by atoms with van der Waals surface area (Å²) < 4.78 is 9.05. The molecule has 36 heavy (non-hydrogen) atoms. The van der Waals surface area contributed by atoms with Crippen molar-refractivity contribution in [1.29, 1.82) is 0 Å². The Hall–Kier alpha value is -3.39. The highest BCUT2D eigenvalue weighted by molar-refractivity contribution is 6.13. The van der Waals surface area contributed by atoms with Gasteiger partial charge in [-0.25, -0.2) is 4.57 Å². The lowest BCUT2D eigenvalue weighted by atomic mass is 9.59. The van der Waals surface area contributed by atoms with Gasteiger partial charge in [0.15, 0.2) is 6.20 Å². The number of pyridine rings is 1. The van der Waals surface area contributed by atoms with Gasteiger partial charge in [0, 0.05) is 28.5 Å². The van der Waals surface area contributed by atoms with Crippen molar-refractivity contribution in [2.45, 2.75) is 59.3 Å². The number of fused-ring (bicyclic) bond motifs is 4. The van der Waals surface area contributed by atoms with Crippen molar-refractivity contribution in [3.8, 4) is 22.4 Å². The highest BCUT2D eigenvalue weighted by Gasteiger charge is 2.57. The highest BCUT2D eigenvalue weighted by atomic mass is 16.3. The van der Waals surface area contributed by atoms with E-state index in [2.05, 4.69) is 133 Å². The molecule has 1 aliphatic carbocycles. The molecule has 1 aliphatic rings. The monoisotopic (exact) mass is 474 g/mol. The molecule has 182 valence electrons. The fraction of sp³-hybridized carbons (Fsp3) is 0.324. The average molecular weight is 475 g/mol. The molecule has 0 bridgehead atoms. The van der Waals surface area contributed by atoms with Gasteiger partial charge in [-0.05, 0) is 51.5 Å². The van der Waals surface area contributed by atoms with E-state index in [4.69, 9.17) is 4.42 Å². The first-order chi connectivity index (χ1) is 17.0. The quantitative estimate of drug-likeness (QED) is 0.234. The molecule has 0 radical (unpaired) electrons. The summed E-state index contributed by atoms with van der Waals surface area (Å²) in [6, 6.07) is 24.3. The van der Waals surface area contributed by atoms with E-state index in [1.54, 1.807) is 0 Å². The smallest absolute Gasteiger partial charge is 0.216 e. The van der Waals surface area contributed by atoms with E-state index in [9.17, 15) is 0 Å². The molecule has 0 unspecified atom stereocenters. The van der Waals surface area contributed by atoms with Gasteiger partial charge in [-0.3, -0.25) is 0 Å². The summed E-state index contributed by atoms with van der Waals surface area (Å²) in [6.45, 7) is 16.7. The van der Waals surface area contributed by atoms with Crippen molar-refractivity contribution < 1.29 is 8.98 Å². The molecule has 0 N–H and O–H groups in total. The lowest BCUT2D eigenvalue weighted by Gasteiger charge is -2.44. The van der Waals surface area contributed by atoms with Crippen LogP contribution in [0.15, 0.2) is 77.3 Å². The Bertz CT molecular complexity index is 1680. The second-order valence-corrected chi connectivity index (χ2v) is 12.2. The van der Waals surface area contributed by atoms with Gasteiger partial charge in [0.2, 0.25) is 5.69 Å². The maximum absolute atomic E-state index is 6.88. The zero-order valence-corrected chi connectivity index (χ0v) is 22.8. The number of nitrogens with zero attached hydrogens (tertiary/aromatic N) is 1. The number of rotatable bonds is 2. The van der Waals surface area contributed by atoms with Crippen molar-refractivity contribution in [2.75, 3.05) is 0 Å². The highest BCUT2D eigenvalue weighted by Crippen LogP contribution is 2.63. The van der Waals surface area contributed by atoms with Crippen LogP contribution in [0.4, 0.5) is 0 Å². The average Bonchev–Trinajstić information content (AvgIpc) is 3.26. The Morgan fingerprint density at radius 1 is 0.667 bits per heavy atom. The van der Waals surface area contributed by atoms with Gasteiger partial charge in [0.1, 0.15) is 18.2 Å². The minimum atomic E-state index is 0.0101. The van der Waals surface area contributed by atoms with E-state index >= 15 is 0 Å². The van der Waals surface area contributed by atoms with Crippen LogP contribution in [0.1, 0.15) is 58.2 Å². The standard InChI is InChI=1S/C34H36NO/c1-21-18-19-25-24-15-11-14-23(30(24)36-31(25)28(21)27-17-9-10-20-35(27)8)22-13-12-16-26-29(22)33(4,5)34(6,7)32(26,2)3/h9-20H,1-8H3/q+1. The Labute approximate surface area is 214 Å². The predicted octanol–water partition coefficient (Wildman–Crippen LogP) is 8.65. The molecular formula is C34H36NO+. The number of hydrogen-bond donors (Lipinski definition) is 0. The van der Waals surface area contributed by atoms with Crippen molar-refractivity contribution in [3.63, 3.8) is 0 Å². The van der Waals surface area contributed by atoms with Gasteiger partial charge >= 0.3 is 0 Å². The molecule has 0 saturated heterocycles. The largest absolute Gasteiger partial charge is 0.454 e. The van der Waals surface area contributed by atoms with Crippen LogP contribution in [-0.2, 0) is 17.9 Å². The Kier molecular flexibility index (Phi) is 4.68. The van der Waals surface area contributed by atoms with Crippen LogP contribution in [0.5, 0.6) is 0 Å².